The molecule has 0 saturated heterocycles. The number of esters is 1. The van der Waals surface area contributed by atoms with Gasteiger partial charge in [-0.2, -0.15) is 0 Å². The molecule has 0 spiro atoms. The van der Waals surface area contributed by atoms with Gasteiger partial charge in [-0.1, -0.05) is 36.4 Å². The minimum absolute atomic E-state index is 0.207. The standard InChI is InChI=1S/C21H21BrN2O5/c1-4-29-20(25)15-17(12-8-6-5-7-9-12)23-21(26)24-18(15)13-10-11-14(27-2)19(28-3)16(13)22/h5-11,18H,4H2,1-3H3,(H2,23,24,26). The highest BCUT2D eigenvalue weighted by Crippen LogP contribution is 2.43. The predicted octanol–water partition coefficient (Wildman–Crippen LogP) is 3.79. The van der Waals surface area contributed by atoms with Crippen LogP contribution in [0.25, 0.3) is 5.70 Å². The van der Waals surface area contributed by atoms with E-state index < -0.39 is 18.0 Å². The van der Waals surface area contributed by atoms with Crippen LogP contribution in [0.4, 0.5) is 4.79 Å². The third-order valence-electron chi connectivity index (χ3n) is 4.46. The van der Waals surface area contributed by atoms with Gasteiger partial charge < -0.3 is 24.8 Å². The number of hydrogen-bond donors (Lipinski definition) is 2. The second kappa shape index (κ2) is 9.00. The van der Waals surface area contributed by atoms with E-state index in [1.165, 1.54) is 14.2 Å². The van der Waals surface area contributed by atoms with Gasteiger partial charge in [0.2, 0.25) is 0 Å². The van der Waals surface area contributed by atoms with Crippen molar-refractivity contribution in [2.24, 2.45) is 0 Å². The van der Waals surface area contributed by atoms with Gasteiger partial charge in [0.15, 0.2) is 11.5 Å². The fourth-order valence-corrected chi connectivity index (χ4v) is 3.90. The largest absolute Gasteiger partial charge is 0.493 e. The lowest BCUT2D eigenvalue weighted by Crippen LogP contribution is -2.45. The first-order chi connectivity index (χ1) is 14.0. The van der Waals surface area contributed by atoms with Crippen LogP contribution in [-0.4, -0.2) is 32.8 Å². The molecule has 7 nitrogen and oxygen atoms in total. The Morgan fingerprint density at radius 1 is 1.10 bits per heavy atom. The normalized spacial score (nSPS) is 16.0. The molecule has 1 aliphatic rings. The number of methoxy groups -OCH3 is 2. The summed E-state index contributed by atoms with van der Waals surface area (Å²) in [5, 5.41) is 5.57. The molecule has 0 aliphatic carbocycles. The maximum atomic E-state index is 12.9. The summed E-state index contributed by atoms with van der Waals surface area (Å²) in [6.07, 6.45) is 0. The topological polar surface area (TPSA) is 85.9 Å². The SMILES string of the molecule is CCOC(=O)C1=C(c2ccccc2)NC(=O)NC1c1ccc(OC)c(OC)c1Br. The zero-order valence-electron chi connectivity index (χ0n) is 16.2. The van der Waals surface area contributed by atoms with E-state index in [4.69, 9.17) is 14.2 Å². The molecular formula is C21H21BrN2O5. The van der Waals surface area contributed by atoms with Crippen LogP contribution in [-0.2, 0) is 9.53 Å². The van der Waals surface area contributed by atoms with Crippen molar-refractivity contribution in [3.63, 3.8) is 0 Å². The molecule has 0 fully saturated rings. The van der Waals surface area contributed by atoms with Gasteiger partial charge in [0.05, 0.1) is 42.6 Å². The molecule has 0 saturated carbocycles. The van der Waals surface area contributed by atoms with Crippen LogP contribution in [0.3, 0.4) is 0 Å². The van der Waals surface area contributed by atoms with E-state index in [0.717, 1.165) is 0 Å². The monoisotopic (exact) mass is 460 g/mol. The lowest BCUT2D eigenvalue weighted by atomic mass is 9.92. The van der Waals surface area contributed by atoms with Crippen LogP contribution in [0.15, 0.2) is 52.5 Å². The van der Waals surface area contributed by atoms with Gasteiger partial charge >= 0.3 is 12.0 Å². The van der Waals surface area contributed by atoms with E-state index in [2.05, 4.69) is 26.6 Å². The number of carbonyl (C=O) groups excluding carboxylic acids is 2. The van der Waals surface area contributed by atoms with Crippen molar-refractivity contribution >= 4 is 33.6 Å². The molecule has 152 valence electrons. The number of amides is 2. The summed E-state index contributed by atoms with van der Waals surface area (Å²) in [6.45, 7) is 1.94. The molecule has 0 aromatic heterocycles. The molecule has 2 amide bonds. The fraction of sp³-hybridized carbons (Fsp3) is 0.238. The van der Waals surface area contributed by atoms with Crippen molar-refractivity contribution in [3.05, 3.63) is 63.6 Å². The number of ether oxygens (including phenoxy) is 3. The second-order valence-corrected chi connectivity index (χ2v) is 6.90. The first-order valence-corrected chi connectivity index (χ1v) is 9.75. The van der Waals surface area contributed by atoms with Crippen LogP contribution in [0, 0.1) is 0 Å². The predicted molar refractivity (Wildman–Crippen MR) is 112 cm³/mol. The van der Waals surface area contributed by atoms with E-state index in [0.29, 0.717) is 38.4 Å². The molecular weight excluding hydrogens is 440 g/mol. The Hall–Kier alpha value is -3.00. The van der Waals surface area contributed by atoms with E-state index in [9.17, 15) is 9.59 Å². The molecule has 2 aromatic carbocycles. The van der Waals surface area contributed by atoms with Gasteiger partial charge in [0, 0.05) is 0 Å². The van der Waals surface area contributed by atoms with Gasteiger partial charge in [0.25, 0.3) is 0 Å². The summed E-state index contributed by atoms with van der Waals surface area (Å²) in [5.74, 6) is 0.459. The highest BCUT2D eigenvalue weighted by molar-refractivity contribution is 9.10. The average Bonchev–Trinajstić information content (AvgIpc) is 2.73. The lowest BCUT2D eigenvalue weighted by molar-refractivity contribution is -0.138. The molecule has 1 heterocycles. The van der Waals surface area contributed by atoms with Crippen molar-refractivity contribution < 1.29 is 23.8 Å². The Morgan fingerprint density at radius 2 is 1.83 bits per heavy atom. The molecule has 1 unspecified atom stereocenters. The van der Waals surface area contributed by atoms with E-state index in [1.807, 2.05) is 30.3 Å². The minimum Gasteiger partial charge on any atom is -0.493 e. The highest BCUT2D eigenvalue weighted by Gasteiger charge is 2.36. The first kappa shape index (κ1) is 20.7. The van der Waals surface area contributed by atoms with Crippen LogP contribution >= 0.6 is 15.9 Å². The maximum Gasteiger partial charge on any atom is 0.338 e. The summed E-state index contributed by atoms with van der Waals surface area (Å²) >= 11 is 3.53. The smallest absolute Gasteiger partial charge is 0.338 e. The summed E-state index contributed by atoms with van der Waals surface area (Å²) in [6, 6.07) is 11.5. The lowest BCUT2D eigenvalue weighted by Gasteiger charge is -2.30. The maximum absolute atomic E-state index is 12.9. The Labute approximate surface area is 177 Å². The summed E-state index contributed by atoms with van der Waals surface area (Å²) < 4.78 is 16.6. The molecule has 0 radical (unpaired) electrons. The van der Waals surface area contributed by atoms with E-state index >= 15 is 0 Å². The number of nitrogens with one attached hydrogen (secondary N) is 2. The van der Waals surface area contributed by atoms with Crippen LogP contribution in [0.5, 0.6) is 11.5 Å². The number of benzene rings is 2. The molecule has 2 N–H and O–H groups in total. The van der Waals surface area contributed by atoms with Gasteiger partial charge in [0.1, 0.15) is 0 Å². The average molecular weight is 461 g/mol. The van der Waals surface area contributed by atoms with Gasteiger partial charge in [-0.15, -0.1) is 0 Å². The third kappa shape index (κ3) is 4.07. The summed E-state index contributed by atoms with van der Waals surface area (Å²) in [5.41, 5.74) is 2.03. The summed E-state index contributed by atoms with van der Waals surface area (Å²) in [7, 11) is 3.05. The summed E-state index contributed by atoms with van der Waals surface area (Å²) in [4.78, 5) is 25.4. The van der Waals surface area contributed by atoms with Crippen molar-refractivity contribution in [1.82, 2.24) is 10.6 Å². The number of carbonyl (C=O) groups is 2. The molecule has 8 heteroatoms. The van der Waals surface area contributed by atoms with Crippen molar-refractivity contribution in [2.75, 3.05) is 20.8 Å². The molecule has 1 aliphatic heterocycles. The molecule has 1 atom stereocenters. The Balaban J connectivity index is 2.23. The quantitative estimate of drug-likeness (QED) is 0.640. The Morgan fingerprint density at radius 3 is 2.45 bits per heavy atom. The first-order valence-electron chi connectivity index (χ1n) is 8.96. The molecule has 3 rings (SSSR count). The zero-order valence-corrected chi connectivity index (χ0v) is 17.8. The van der Waals surface area contributed by atoms with Crippen LogP contribution < -0.4 is 20.1 Å². The van der Waals surface area contributed by atoms with Crippen molar-refractivity contribution in [1.29, 1.82) is 0 Å². The number of urea groups is 1. The third-order valence-corrected chi connectivity index (χ3v) is 5.27. The Kier molecular flexibility index (Phi) is 6.43. The number of hydrogen-bond acceptors (Lipinski definition) is 5. The zero-order chi connectivity index (χ0) is 21.0. The molecule has 0 bridgehead atoms. The van der Waals surface area contributed by atoms with E-state index in [-0.39, 0.29) is 6.61 Å². The van der Waals surface area contributed by atoms with Gasteiger partial charge in [-0.25, -0.2) is 9.59 Å². The minimum atomic E-state index is -0.757. The molecule has 29 heavy (non-hydrogen) atoms. The molecule has 2 aromatic rings. The number of rotatable bonds is 6. The van der Waals surface area contributed by atoms with Crippen LogP contribution in [0.2, 0.25) is 0 Å². The van der Waals surface area contributed by atoms with Crippen LogP contribution in [0.1, 0.15) is 24.1 Å². The fourth-order valence-electron chi connectivity index (χ4n) is 3.19. The number of halogens is 1. The second-order valence-electron chi connectivity index (χ2n) is 6.11. The Bertz CT molecular complexity index is 959. The highest BCUT2D eigenvalue weighted by atomic mass is 79.9. The van der Waals surface area contributed by atoms with Gasteiger partial charge in [-0.05, 0) is 40.0 Å². The van der Waals surface area contributed by atoms with Gasteiger partial charge in [-0.3, -0.25) is 0 Å². The van der Waals surface area contributed by atoms with E-state index in [1.54, 1.807) is 19.1 Å². The van der Waals surface area contributed by atoms with Crippen molar-refractivity contribution in [2.45, 2.75) is 13.0 Å². The van der Waals surface area contributed by atoms with Crippen molar-refractivity contribution in [3.8, 4) is 11.5 Å².